The highest BCUT2D eigenvalue weighted by Crippen LogP contribution is 2.29. The molecule has 1 fully saturated rings. The highest BCUT2D eigenvalue weighted by molar-refractivity contribution is 5.49. The van der Waals surface area contributed by atoms with Crippen molar-refractivity contribution in [3.63, 3.8) is 0 Å². The van der Waals surface area contributed by atoms with Gasteiger partial charge in [-0.1, -0.05) is 0 Å². The third kappa shape index (κ3) is 2.86. The fourth-order valence-electron chi connectivity index (χ4n) is 3.08. The predicted molar refractivity (Wildman–Crippen MR) is 85.3 cm³/mol. The average Bonchev–Trinajstić information content (AvgIpc) is 2.51. The van der Waals surface area contributed by atoms with Gasteiger partial charge in [0, 0.05) is 36.3 Å². The molecule has 1 N–H and O–H groups in total. The first-order chi connectivity index (χ1) is 10.5. The molecule has 6 nitrogen and oxygen atoms in total. The Morgan fingerprint density at radius 1 is 1.27 bits per heavy atom. The van der Waals surface area contributed by atoms with E-state index in [0.717, 1.165) is 54.5 Å². The first kappa shape index (κ1) is 14.7. The molecule has 2 aromatic heterocycles. The molecule has 1 saturated heterocycles. The lowest BCUT2D eigenvalue weighted by Crippen LogP contribution is -2.36. The molecule has 1 aliphatic heterocycles. The zero-order valence-corrected chi connectivity index (χ0v) is 13.3. The van der Waals surface area contributed by atoms with Gasteiger partial charge in [0.25, 0.3) is 5.56 Å². The molecular weight excluding hydrogens is 278 g/mol. The maximum atomic E-state index is 11.5. The smallest absolute Gasteiger partial charge is 0.250 e. The zero-order chi connectivity index (χ0) is 15.7. The predicted octanol–water partition coefficient (Wildman–Crippen LogP) is 1.87. The van der Waals surface area contributed by atoms with Gasteiger partial charge in [-0.15, -0.1) is 0 Å². The van der Waals surface area contributed by atoms with Crippen LogP contribution < -0.4 is 10.5 Å². The molecule has 3 rings (SSSR count). The maximum Gasteiger partial charge on any atom is 0.250 e. The van der Waals surface area contributed by atoms with Gasteiger partial charge < -0.3 is 9.88 Å². The summed E-state index contributed by atoms with van der Waals surface area (Å²) < 4.78 is 0. The summed E-state index contributed by atoms with van der Waals surface area (Å²) in [4.78, 5) is 29.8. The third-order valence-corrected chi connectivity index (χ3v) is 4.31. The second-order valence-corrected chi connectivity index (χ2v) is 5.93. The summed E-state index contributed by atoms with van der Waals surface area (Å²) in [5.74, 6) is 2.08. The van der Waals surface area contributed by atoms with E-state index in [1.54, 1.807) is 6.07 Å². The number of nitrogens with one attached hydrogen (secondary N) is 1. The minimum atomic E-state index is -0.0907. The Morgan fingerprint density at radius 2 is 2.09 bits per heavy atom. The second-order valence-electron chi connectivity index (χ2n) is 5.93. The van der Waals surface area contributed by atoms with E-state index < -0.39 is 0 Å². The lowest BCUT2D eigenvalue weighted by molar-refractivity contribution is 0.496. The Bertz CT molecular complexity index is 740. The Kier molecular flexibility index (Phi) is 3.92. The van der Waals surface area contributed by atoms with Gasteiger partial charge in [-0.3, -0.25) is 4.79 Å². The van der Waals surface area contributed by atoms with E-state index >= 15 is 0 Å². The Balaban J connectivity index is 1.89. The van der Waals surface area contributed by atoms with Crippen LogP contribution in [0.1, 0.15) is 41.5 Å². The zero-order valence-electron chi connectivity index (χ0n) is 13.3. The fraction of sp³-hybridized carbons (Fsp3) is 0.500. The number of aryl methyl sites for hydroxylation is 2. The van der Waals surface area contributed by atoms with Crippen LogP contribution in [0, 0.1) is 20.8 Å². The molecule has 116 valence electrons. The van der Waals surface area contributed by atoms with E-state index in [1.807, 2.05) is 13.8 Å². The largest absolute Gasteiger partial charge is 0.356 e. The monoisotopic (exact) mass is 299 g/mol. The van der Waals surface area contributed by atoms with Gasteiger partial charge in [-0.2, -0.15) is 0 Å². The topological polar surface area (TPSA) is 74.8 Å². The lowest BCUT2D eigenvalue weighted by Gasteiger charge is -2.34. The molecule has 0 aliphatic carbocycles. The van der Waals surface area contributed by atoms with E-state index in [4.69, 9.17) is 0 Å². The number of anilines is 1. The number of hydrogen-bond acceptors (Lipinski definition) is 5. The molecule has 0 aromatic carbocycles. The molecule has 2 aromatic rings. The molecule has 1 aliphatic rings. The SMILES string of the molecule is Cc1nc(C)c(C)c(N2CCC[C@H](c3cc(=O)[nH]cn3)C2)n1. The van der Waals surface area contributed by atoms with Crippen molar-refractivity contribution < 1.29 is 0 Å². The van der Waals surface area contributed by atoms with Crippen LogP contribution in [0.5, 0.6) is 0 Å². The van der Waals surface area contributed by atoms with Crippen LogP contribution in [0.15, 0.2) is 17.2 Å². The number of nitrogens with zero attached hydrogens (tertiary/aromatic N) is 4. The van der Waals surface area contributed by atoms with Crippen LogP contribution in [-0.2, 0) is 0 Å². The normalized spacial score (nSPS) is 18.5. The molecule has 6 heteroatoms. The number of rotatable bonds is 2. The number of hydrogen-bond donors (Lipinski definition) is 1. The van der Waals surface area contributed by atoms with Crippen molar-refractivity contribution in [2.45, 2.75) is 39.5 Å². The molecule has 3 heterocycles. The summed E-state index contributed by atoms with van der Waals surface area (Å²) in [6.07, 6.45) is 3.61. The van der Waals surface area contributed by atoms with Gasteiger partial charge in [0.2, 0.25) is 0 Å². The molecule has 1 atom stereocenters. The minimum Gasteiger partial charge on any atom is -0.356 e. The molecule has 0 bridgehead atoms. The van der Waals surface area contributed by atoms with Gasteiger partial charge in [-0.05, 0) is 33.6 Å². The first-order valence-corrected chi connectivity index (χ1v) is 7.66. The second kappa shape index (κ2) is 5.87. The van der Waals surface area contributed by atoms with Gasteiger partial charge >= 0.3 is 0 Å². The van der Waals surface area contributed by atoms with Gasteiger partial charge in [0.15, 0.2) is 0 Å². The standard InChI is InChI=1S/C16H21N5O/c1-10-11(2)19-12(3)20-16(10)21-6-4-5-13(8-21)14-7-15(22)18-9-17-14/h7,9,13H,4-6,8H2,1-3H3,(H,17,18,22)/t13-/m0/s1. The fourth-order valence-corrected chi connectivity index (χ4v) is 3.08. The van der Waals surface area contributed by atoms with Crippen LogP contribution >= 0.6 is 0 Å². The van der Waals surface area contributed by atoms with Crippen molar-refractivity contribution in [3.8, 4) is 0 Å². The van der Waals surface area contributed by atoms with E-state index in [0.29, 0.717) is 0 Å². The van der Waals surface area contributed by atoms with E-state index in [1.165, 1.54) is 6.33 Å². The molecule has 0 amide bonds. The van der Waals surface area contributed by atoms with Crippen molar-refractivity contribution in [2.75, 3.05) is 18.0 Å². The minimum absolute atomic E-state index is 0.0907. The third-order valence-electron chi connectivity index (χ3n) is 4.31. The van der Waals surface area contributed by atoms with Gasteiger partial charge in [0.05, 0.1) is 12.0 Å². The number of aromatic amines is 1. The Hall–Kier alpha value is -2.24. The molecule has 0 unspecified atom stereocenters. The van der Waals surface area contributed by atoms with Crippen LogP contribution in [0.2, 0.25) is 0 Å². The van der Waals surface area contributed by atoms with Crippen molar-refractivity contribution in [2.24, 2.45) is 0 Å². The number of piperidine rings is 1. The van der Waals surface area contributed by atoms with Gasteiger partial charge in [0.1, 0.15) is 11.6 Å². The highest BCUT2D eigenvalue weighted by Gasteiger charge is 2.25. The summed E-state index contributed by atoms with van der Waals surface area (Å²) in [6.45, 7) is 7.84. The van der Waals surface area contributed by atoms with Crippen LogP contribution in [0.4, 0.5) is 5.82 Å². The molecule has 0 radical (unpaired) electrons. The Morgan fingerprint density at radius 3 is 2.86 bits per heavy atom. The van der Waals surface area contributed by atoms with Crippen LogP contribution in [0.3, 0.4) is 0 Å². The molecular formula is C16H21N5O. The quantitative estimate of drug-likeness (QED) is 0.916. The molecule has 0 spiro atoms. The van der Waals surface area contributed by atoms with Crippen molar-refractivity contribution >= 4 is 5.82 Å². The summed E-state index contributed by atoms with van der Waals surface area (Å²) in [5.41, 5.74) is 2.93. The average molecular weight is 299 g/mol. The van der Waals surface area contributed by atoms with E-state index in [2.05, 4.69) is 31.8 Å². The van der Waals surface area contributed by atoms with Crippen LogP contribution in [0.25, 0.3) is 0 Å². The molecule has 0 saturated carbocycles. The molecule has 22 heavy (non-hydrogen) atoms. The number of aromatic nitrogens is 4. The van der Waals surface area contributed by atoms with Crippen molar-refractivity contribution in [1.29, 1.82) is 0 Å². The van der Waals surface area contributed by atoms with Crippen molar-refractivity contribution in [3.05, 3.63) is 45.5 Å². The van der Waals surface area contributed by atoms with Crippen LogP contribution in [-0.4, -0.2) is 33.0 Å². The lowest BCUT2D eigenvalue weighted by atomic mass is 9.94. The van der Waals surface area contributed by atoms with E-state index in [9.17, 15) is 4.79 Å². The van der Waals surface area contributed by atoms with Crippen molar-refractivity contribution in [1.82, 2.24) is 19.9 Å². The summed E-state index contributed by atoms with van der Waals surface area (Å²) >= 11 is 0. The first-order valence-electron chi connectivity index (χ1n) is 7.66. The number of H-pyrrole nitrogens is 1. The van der Waals surface area contributed by atoms with Gasteiger partial charge in [-0.25, -0.2) is 15.0 Å². The summed E-state index contributed by atoms with van der Waals surface area (Å²) in [5, 5.41) is 0. The summed E-state index contributed by atoms with van der Waals surface area (Å²) in [6, 6.07) is 1.61. The maximum absolute atomic E-state index is 11.5. The highest BCUT2D eigenvalue weighted by atomic mass is 16.1. The Labute approximate surface area is 129 Å². The van der Waals surface area contributed by atoms with E-state index in [-0.39, 0.29) is 11.5 Å². The summed E-state index contributed by atoms with van der Waals surface area (Å²) in [7, 11) is 0.